The molecule has 4 heteroatoms. The predicted octanol–water partition coefficient (Wildman–Crippen LogP) is 3.38. The van der Waals surface area contributed by atoms with Crippen molar-refractivity contribution < 1.29 is 9.90 Å². The van der Waals surface area contributed by atoms with Crippen molar-refractivity contribution in [1.29, 1.82) is 0 Å². The lowest BCUT2D eigenvalue weighted by Gasteiger charge is -2.25. The van der Waals surface area contributed by atoms with Crippen LogP contribution in [-0.2, 0) is 0 Å². The monoisotopic (exact) mass is 325 g/mol. The Kier molecular flexibility index (Phi) is 4.86. The maximum atomic E-state index is 12.0. The Morgan fingerprint density at radius 1 is 1.37 bits per heavy atom. The summed E-state index contributed by atoms with van der Waals surface area (Å²) in [5.41, 5.74) is 1.34. The van der Waals surface area contributed by atoms with Crippen LogP contribution in [0.5, 0.6) is 5.75 Å². The molecule has 0 heterocycles. The number of hydrogen-bond donors (Lipinski definition) is 2. The van der Waals surface area contributed by atoms with Gasteiger partial charge in [0.2, 0.25) is 0 Å². The van der Waals surface area contributed by atoms with Gasteiger partial charge in [0.25, 0.3) is 5.91 Å². The number of hydrogen-bond acceptors (Lipinski definition) is 2. The Morgan fingerprint density at radius 2 is 2.05 bits per heavy atom. The zero-order chi connectivity index (χ0) is 13.8. The highest BCUT2D eigenvalue weighted by Gasteiger charge is 2.19. The van der Waals surface area contributed by atoms with Gasteiger partial charge in [-0.15, -0.1) is 0 Å². The van der Waals surface area contributed by atoms with Crippen LogP contribution in [0.25, 0.3) is 0 Å². The lowest BCUT2D eigenvalue weighted by molar-refractivity contribution is 0.0944. The van der Waals surface area contributed by atoms with Crippen molar-refractivity contribution >= 4 is 21.8 Å². The average molecular weight is 326 g/mol. The normalized spacial score (nSPS) is 23.1. The number of rotatable bonds is 3. The van der Waals surface area contributed by atoms with Gasteiger partial charge in [0, 0.05) is 16.9 Å². The van der Waals surface area contributed by atoms with Crippen LogP contribution >= 0.6 is 15.9 Å². The molecule has 1 amide bonds. The second-order valence-electron chi connectivity index (χ2n) is 5.33. The zero-order valence-corrected chi connectivity index (χ0v) is 12.7. The van der Waals surface area contributed by atoms with Gasteiger partial charge < -0.3 is 10.4 Å². The smallest absolute Gasteiger partial charge is 0.251 e. The van der Waals surface area contributed by atoms with Crippen LogP contribution in [0.1, 0.15) is 41.6 Å². The van der Waals surface area contributed by atoms with Crippen molar-refractivity contribution in [3.05, 3.63) is 29.3 Å². The van der Waals surface area contributed by atoms with Gasteiger partial charge in [-0.3, -0.25) is 4.79 Å². The van der Waals surface area contributed by atoms with Gasteiger partial charge in [0.05, 0.1) is 0 Å². The van der Waals surface area contributed by atoms with E-state index in [2.05, 4.69) is 21.2 Å². The Balaban J connectivity index is 1.85. The topological polar surface area (TPSA) is 49.3 Å². The minimum absolute atomic E-state index is 0.0518. The quantitative estimate of drug-likeness (QED) is 0.837. The molecule has 3 nitrogen and oxygen atoms in total. The van der Waals surface area contributed by atoms with E-state index >= 15 is 0 Å². The first kappa shape index (κ1) is 14.4. The van der Waals surface area contributed by atoms with Gasteiger partial charge >= 0.3 is 0 Å². The summed E-state index contributed by atoms with van der Waals surface area (Å²) in [5, 5.41) is 12.4. The molecule has 0 unspecified atom stereocenters. The van der Waals surface area contributed by atoms with Crippen molar-refractivity contribution in [3.63, 3.8) is 0 Å². The summed E-state index contributed by atoms with van der Waals surface area (Å²) in [7, 11) is 0. The summed E-state index contributed by atoms with van der Waals surface area (Å²) < 4.78 is 0. The third kappa shape index (κ3) is 3.96. The number of phenols is 1. The molecule has 1 aliphatic rings. The molecular weight excluding hydrogens is 306 g/mol. The first-order valence-electron chi connectivity index (χ1n) is 6.78. The number of carbonyl (C=O) groups excluding carboxylic acids is 1. The molecule has 19 heavy (non-hydrogen) atoms. The van der Waals surface area contributed by atoms with Gasteiger partial charge in [-0.2, -0.15) is 0 Å². The fraction of sp³-hybridized carbons (Fsp3) is 0.533. The van der Waals surface area contributed by atoms with Gasteiger partial charge in [-0.25, -0.2) is 0 Å². The molecule has 1 fully saturated rings. The molecule has 1 saturated carbocycles. The number of aromatic hydroxyl groups is 1. The summed E-state index contributed by atoms with van der Waals surface area (Å²) in [4.78, 5) is 12.7. The number of carbonyl (C=O) groups is 1. The summed E-state index contributed by atoms with van der Waals surface area (Å²) in [5.74, 6) is 0.771. The molecule has 0 aromatic heterocycles. The third-order valence-electron chi connectivity index (χ3n) is 3.79. The maximum Gasteiger partial charge on any atom is 0.251 e. The standard InChI is InChI=1S/C15H20BrNO2/c1-10-8-12(4-7-14(10)18)15(19)17-9-11-2-5-13(16)6-3-11/h4,7-8,11,13,18H,2-3,5-6,9H2,1H3,(H,17,19). The first-order chi connectivity index (χ1) is 9.06. The highest BCUT2D eigenvalue weighted by atomic mass is 79.9. The number of aryl methyl sites for hydroxylation is 1. The largest absolute Gasteiger partial charge is 0.508 e. The summed E-state index contributed by atoms with van der Waals surface area (Å²) in [6.45, 7) is 2.54. The van der Waals surface area contributed by atoms with E-state index in [9.17, 15) is 9.90 Å². The molecule has 0 aliphatic heterocycles. The highest BCUT2D eigenvalue weighted by molar-refractivity contribution is 9.09. The molecular formula is C15H20BrNO2. The Morgan fingerprint density at radius 3 is 2.68 bits per heavy atom. The number of halogens is 1. The summed E-state index contributed by atoms with van der Waals surface area (Å²) in [6, 6.07) is 4.95. The molecule has 0 spiro atoms. The molecule has 104 valence electrons. The van der Waals surface area contributed by atoms with Gasteiger partial charge in [0.1, 0.15) is 5.75 Å². The second-order valence-corrected chi connectivity index (χ2v) is 6.62. The lowest BCUT2D eigenvalue weighted by Crippen LogP contribution is -2.31. The van der Waals surface area contributed by atoms with Crippen molar-refractivity contribution in [3.8, 4) is 5.75 Å². The predicted molar refractivity (Wildman–Crippen MR) is 79.9 cm³/mol. The van der Waals surface area contributed by atoms with Crippen molar-refractivity contribution in [2.45, 2.75) is 37.4 Å². The van der Waals surface area contributed by atoms with Gasteiger partial charge in [-0.05, 0) is 62.3 Å². The average Bonchev–Trinajstić information content (AvgIpc) is 2.41. The van der Waals surface area contributed by atoms with E-state index < -0.39 is 0 Å². The van der Waals surface area contributed by atoms with Gasteiger partial charge in [-0.1, -0.05) is 15.9 Å². The minimum atomic E-state index is -0.0518. The van der Waals surface area contributed by atoms with Crippen molar-refractivity contribution in [1.82, 2.24) is 5.32 Å². The van der Waals surface area contributed by atoms with Crippen LogP contribution in [0, 0.1) is 12.8 Å². The molecule has 1 aromatic carbocycles. The van der Waals surface area contributed by atoms with E-state index in [4.69, 9.17) is 0 Å². The first-order valence-corrected chi connectivity index (χ1v) is 7.69. The highest BCUT2D eigenvalue weighted by Crippen LogP contribution is 2.28. The summed E-state index contributed by atoms with van der Waals surface area (Å²) in [6.07, 6.45) is 4.73. The molecule has 1 aliphatic carbocycles. The molecule has 0 radical (unpaired) electrons. The summed E-state index contributed by atoms with van der Waals surface area (Å²) >= 11 is 3.64. The van der Waals surface area contributed by atoms with Crippen molar-refractivity contribution in [2.75, 3.05) is 6.54 Å². The molecule has 0 atom stereocenters. The van der Waals surface area contributed by atoms with E-state index in [-0.39, 0.29) is 11.7 Å². The lowest BCUT2D eigenvalue weighted by atomic mass is 9.89. The molecule has 0 bridgehead atoms. The minimum Gasteiger partial charge on any atom is -0.508 e. The van der Waals surface area contributed by atoms with E-state index in [0.717, 1.165) is 12.1 Å². The van der Waals surface area contributed by atoms with E-state index in [0.29, 0.717) is 16.3 Å². The van der Waals surface area contributed by atoms with Crippen LogP contribution in [0.15, 0.2) is 18.2 Å². The van der Waals surface area contributed by atoms with Crippen LogP contribution in [0.4, 0.5) is 0 Å². The Labute approximate surface area is 122 Å². The second kappa shape index (κ2) is 6.42. The molecule has 2 N–H and O–H groups in total. The molecule has 0 saturated heterocycles. The SMILES string of the molecule is Cc1cc(C(=O)NCC2CCC(Br)CC2)ccc1O. The van der Waals surface area contributed by atoms with Crippen LogP contribution in [0.2, 0.25) is 0 Å². The van der Waals surface area contributed by atoms with Crippen molar-refractivity contribution in [2.24, 2.45) is 5.92 Å². The molecule has 1 aromatic rings. The maximum absolute atomic E-state index is 12.0. The number of alkyl halides is 1. The van der Waals surface area contributed by atoms with E-state index in [1.54, 1.807) is 25.1 Å². The molecule has 2 rings (SSSR count). The van der Waals surface area contributed by atoms with Crippen LogP contribution in [0.3, 0.4) is 0 Å². The number of amides is 1. The third-order valence-corrected chi connectivity index (χ3v) is 4.70. The Hall–Kier alpha value is -1.03. The van der Waals surface area contributed by atoms with Crippen LogP contribution < -0.4 is 5.32 Å². The zero-order valence-electron chi connectivity index (χ0n) is 11.2. The van der Waals surface area contributed by atoms with E-state index in [1.165, 1.54) is 25.7 Å². The number of benzene rings is 1. The van der Waals surface area contributed by atoms with Crippen LogP contribution in [-0.4, -0.2) is 22.4 Å². The Bertz CT molecular complexity index is 453. The number of nitrogens with one attached hydrogen (secondary N) is 1. The fourth-order valence-corrected chi connectivity index (χ4v) is 2.99. The van der Waals surface area contributed by atoms with E-state index in [1.807, 2.05) is 0 Å². The van der Waals surface area contributed by atoms with Gasteiger partial charge in [0.15, 0.2) is 0 Å². The fourth-order valence-electron chi connectivity index (χ4n) is 2.46. The number of phenolic OH excluding ortho intramolecular Hbond substituents is 1.